The minimum absolute atomic E-state index is 0.0708. The van der Waals surface area contributed by atoms with Gasteiger partial charge in [0.25, 0.3) is 0 Å². The Morgan fingerprint density at radius 1 is 1.12 bits per heavy atom. The topological polar surface area (TPSA) is 21.3 Å². The van der Waals surface area contributed by atoms with E-state index in [-0.39, 0.29) is 11.4 Å². The van der Waals surface area contributed by atoms with Crippen LogP contribution >= 0.6 is 0 Å². The van der Waals surface area contributed by atoms with E-state index in [2.05, 4.69) is 43.4 Å². The van der Waals surface area contributed by atoms with Crippen molar-refractivity contribution < 1.29 is 9.13 Å². The summed E-state index contributed by atoms with van der Waals surface area (Å²) in [6.45, 7) is 7.00. The molecule has 2 aromatic carbocycles. The molecule has 2 nitrogen and oxygen atoms in total. The maximum absolute atomic E-state index is 13.4. The second-order valence-electron chi connectivity index (χ2n) is 7.97. The molecule has 1 saturated heterocycles. The third-order valence-electron chi connectivity index (χ3n) is 5.41. The maximum Gasteiger partial charge on any atom is 0.123 e. The molecule has 0 radical (unpaired) electrons. The number of rotatable bonds is 7. The lowest BCUT2D eigenvalue weighted by Gasteiger charge is -2.39. The minimum atomic E-state index is -0.165. The normalized spacial score (nSPS) is 20.7. The van der Waals surface area contributed by atoms with Gasteiger partial charge < -0.3 is 10.1 Å². The van der Waals surface area contributed by atoms with Crippen molar-refractivity contribution in [2.75, 3.05) is 13.2 Å². The van der Waals surface area contributed by atoms with Crippen LogP contribution in [0.1, 0.15) is 50.2 Å². The highest BCUT2D eigenvalue weighted by Crippen LogP contribution is 2.39. The van der Waals surface area contributed by atoms with E-state index >= 15 is 0 Å². The van der Waals surface area contributed by atoms with E-state index in [9.17, 15) is 4.39 Å². The average molecular weight is 355 g/mol. The van der Waals surface area contributed by atoms with Gasteiger partial charge in [0.1, 0.15) is 5.82 Å². The summed E-state index contributed by atoms with van der Waals surface area (Å²) in [5.74, 6) is 0.840. The largest absolute Gasteiger partial charge is 0.376 e. The first-order valence-corrected chi connectivity index (χ1v) is 9.67. The van der Waals surface area contributed by atoms with Gasteiger partial charge in [0, 0.05) is 13.2 Å². The SMILES string of the molecule is CC1(C)CC(C(CCNCc2ccccc2)c2ccc(F)cc2)CCO1. The summed E-state index contributed by atoms with van der Waals surface area (Å²) >= 11 is 0. The van der Waals surface area contributed by atoms with Gasteiger partial charge in [-0.1, -0.05) is 42.5 Å². The molecule has 1 aliphatic heterocycles. The molecule has 3 rings (SSSR count). The molecule has 0 amide bonds. The molecule has 1 N–H and O–H groups in total. The molecule has 26 heavy (non-hydrogen) atoms. The third kappa shape index (κ3) is 5.39. The van der Waals surface area contributed by atoms with Gasteiger partial charge in [-0.05, 0) is 74.8 Å². The molecular weight excluding hydrogens is 325 g/mol. The summed E-state index contributed by atoms with van der Waals surface area (Å²) in [7, 11) is 0. The standard InChI is InChI=1S/C23H30FNO/c1-23(2)16-20(13-15-26-23)22(19-8-10-21(24)11-9-19)12-14-25-17-18-6-4-3-5-7-18/h3-11,20,22,25H,12-17H2,1-2H3. The molecule has 3 heteroatoms. The Morgan fingerprint density at radius 3 is 2.54 bits per heavy atom. The Morgan fingerprint density at radius 2 is 1.85 bits per heavy atom. The number of nitrogens with one attached hydrogen (secondary N) is 1. The first kappa shape index (κ1) is 19.1. The number of halogens is 1. The molecule has 0 aromatic heterocycles. The van der Waals surface area contributed by atoms with Gasteiger partial charge in [-0.2, -0.15) is 0 Å². The van der Waals surface area contributed by atoms with Crippen LogP contribution in [0.5, 0.6) is 0 Å². The minimum Gasteiger partial charge on any atom is -0.376 e. The highest BCUT2D eigenvalue weighted by Gasteiger charge is 2.33. The van der Waals surface area contributed by atoms with Gasteiger partial charge in [-0.15, -0.1) is 0 Å². The van der Waals surface area contributed by atoms with Crippen molar-refractivity contribution in [3.05, 3.63) is 71.5 Å². The zero-order valence-corrected chi connectivity index (χ0v) is 15.9. The van der Waals surface area contributed by atoms with E-state index in [0.29, 0.717) is 11.8 Å². The highest BCUT2D eigenvalue weighted by atomic mass is 19.1. The van der Waals surface area contributed by atoms with Crippen LogP contribution in [0.15, 0.2) is 54.6 Å². The maximum atomic E-state index is 13.4. The molecule has 2 atom stereocenters. The smallest absolute Gasteiger partial charge is 0.123 e. The molecule has 0 bridgehead atoms. The second-order valence-corrected chi connectivity index (χ2v) is 7.97. The number of ether oxygens (including phenoxy) is 1. The van der Waals surface area contributed by atoms with Crippen LogP contribution in [0.4, 0.5) is 4.39 Å². The Balaban J connectivity index is 1.63. The fourth-order valence-corrected chi connectivity index (χ4v) is 4.09. The Kier molecular flexibility index (Phi) is 6.44. The fraction of sp³-hybridized carbons (Fsp3) is 0.478. The number of benzene rings is 2. The second kappa shape index (κ2) is 8.79. The van der Waals surface area contributed by atoms with E-state index in [1.165, 1.54) is 11.1 Å². The first-order valence-electron chi connectivity index (χ1n) is 9.67. The summed E-state index contributed by atoms with van der Waals surface area (Å²) in [6.07, 6.45) is 3.18. The molecule has 1 heterocycles. The monoisotopic (exact) mass is 355 g/mol. The van der Waals surface area contributed by atoms with Gasteiger partial charge in [-0.3, -0.25) is 0 Å². The van der Waals surface area contributed by atoms with E-state index in [1.54, 1.807) is 12.1 Å². The molecule has 1 fully saturated rings. The quantitative estimate of drug-likeness (QED) is 0.681. The average Bonchev–Trinajstić information content (AvgIpc) is 2.63. The summed E-state index contributed by atoms with van der Waals surface area (Å²) in [5, 5.41) is 3.57. The van der Waals surface area contributed by atoms with E-state index in [1.807, 2.05) is 18.2 Å². The Labute approximate surface area is 156 Å². The molecule has 1 aliphatic rings. The number of hydrogen-bond donors (Lipinski definition) is 1. The van der Waals surface area contributed by atoms with Crippen LogP contribution in [0.2, 0.25) is 0 Å². The van der Waals surface area contributed by atoms with Gasteiger partial charge in [0.2, 0.25) is 0 Å². The van der Waals surface area contributed by atoms with Crippen LogP contribution in [-0.4, -0.2) is 18.8 Å². The summed E-state index contributed by atoms with van der Waals surface area (Å²) in [6, 6.07) is 17.6. The summed E-state index contributed by atoms with van der Waals surface area (Å²) in [4.78, 5) is 0. The van der Waals surface area contributed by atoms with Crippen molar-refractivity contribution in [2.45, 2.75) is 51.2 Å². The van der Waals surface area contributed by atoms with Crippen molar-refractivity contribution >= 4 is 0 Å². The van der Waals surface area contributed by atoms with Crippen molar-refractivity contribution in [3.63, 3.8) is 0 Å². The first-order chi connectivity index (χ1) is 12.5. The molecular formula is C23H30FNO. The molecule has 2 unspecified atom stereocenters. The summed E-state index contributed by atoms with van der Waals surface area (Å²) in [5.41, 5.74) is 2.48. The van der Waals surface area contributed by atoms with Gasteiger partial charge in [0.05, 0.1) is 5.60 Å². The zero-order valence-electron chi connectivity index (χ0n) is 15.9. The van der Waals surface area contributed by atoms with Crippen LogP contribution < -0.4 is 5.32 Å². The van der Waals surface area contributed by atoms with Gasteiger partial charge in [-0.25, -0.2) is 4.39 Å². The molecule has 2 aromatic rings. The van der Waals surface area contributed by atoms with Crippen molar-refractivity contribution in [3.8, 4) is 0 Å². The van der Waals surface area contributed by atoms with Crippen LogP contribution in [-0.2, 0) is 11.3 Å². The van der Waals surface area contributed by atoms with Crippen LogP contribution in [0.25, 0.3) is 0 Å². The predicted octanol–water partition coefficient (Wildman–Crippen LogP) is 5.29. The van der Waals surface area contributed by atoms with Crippen LogP contribution in [0, 0.1) is 11.7 Å². The molecule has 0 saturated carbocycles. The van der Waals surface area contributed by atoms with E-state index in [4.69, 9.17) is 4.74 Å². The summed E-state index contributed by atoms with van der Waals surface area (Å²) < 4.78 is 19.3. The molecule has 140 valence electrons. The Hall–Kier alpha value is -1.71. The lowest BCUT2D eigenvalue weighted by Crippen LogP contribution is -2.36. The zero-order chi connectivity index (χ0) is 18.4. The molecule has 0 spiro atoms. The van der Waals surface area contributed by atoms with Crippen LogP contribution in [0.3, 0.4) is 0 Å². The Bertz CT molecular complexity index is 668. The molecule has 0 aliphatic carbocycles. The van der Waals surface area contributed by atoms with Crippen molar-refractivity contribution in [1.29, 1.82) is 0 Å². The lowest BCUT2D eigenvalue weighted by molar-refractivity contribution is -0.0771. The predicted molar refractivity (Wildman–Crippen MR) is 105 cm³/mol. The van der Waals surface area contributed by atoms with Crippen molar-refractivity contribution in [1.82, 2.24) is 5.32 Å². The van der Waals surface area contributed by atoms with Gasteiger partial charge >= 0.3 is 0 Å². The lowest BCUT2D eigenvalue weighted by atomic mass is 9.75. The highest BCUT2D eigenvalue weighted by molar-refractivity contribution is 5.22. The van der Waals surface area contributed by atoms with E-state index in [0.717, 1.165) is 39.0 Å². The van der Waals surface area contributed by atoms with Gasteiger partial charge in [0.15, 0.2) is 0 Å². The third-order valence-corrected chi connectivity index (χ3v) is 5.41. The van der Waals surface area contributed by atoms with Crippen molar-refractivity contribution in [2.24, 2.45) is 5.92 Å². The number of hydrogen-bond acceptors (Lipinski definition) is 2. The fourth-order valence-electron chi connectivity index (χ4n) is 4.09. The van der Waals surface area contributed by atoms with E-state index < -0.39 is 0 Å².